The van der Waals surface area contributed by atoms with E-state index >= 15 is 0 Å². The highest BCUT2D eigenvalue weighted by Crippen LogP contribution is 2.49. The molecular weight excluding hydrogens is 341 g/mol. The number of carbonyl (C=O) groups is 1. The topological polar surface area (TPSA) is 96.1 Å². The van der Waals surface area contributed by atoms with Gasteiger partial charge in [0.1, 0.15) is 0 Å². The van der Waals surface area contributed by atoms with Crippen LogP contribution in [0, 0.1) is 0 Å². The van der Waals surface area contributed by atoms with Crippen molar-refractivity contribution in [2.45, 2.75) is 45.1 Å². The maximum atomic E-state index is 12.5. The Balaban J connectivity index is 2.13. The number of hydrogen-bond donors (Lipinski definition) is 2. The first kappa shape index (κ1) is 19.9. The molecule has 1 aromatic rings. The Bertz CT molecular complexity index is 623. The summed E-state index contributed by atoms with van der Waals surface area (Å²) in [6, 6.07) is 6.35. The largest absolute Gasteiger partial charge is 0.440 e. The number of amides is 2. The summed E-state index contributed by atoms with van der Waals surface area (Å²) in [7, 11) is -2.25. The molecule has 2 rings (SSSR count). The molecule has 1 saturated heterocycles. The molecule has 1 fully saturated rings. The van der Waals surface area contributed by atoms with Crippen LogP contribution in [0.1, 0.15) is 50.6 Å². The van der Waals surface area contributed by atoms with Crippen molar-refractivity contribution in [3.8, 4) is 0 Å². The molecule has 1 heterocycles. The number of nitrogens with zero attached hydrogens (tertiary/aromatic N) is 2. The third kappa shape index (κ3) is 5.05. The van der Waals surface area contributed by atoms with E-state index in [1.165, 1.54) is 0 Å². The van der Waals surface area contributed by atoms with Gasteiger partial charge < -0.3 is 10.6 Å². The van der Waals surface area contributed by atoms with Crippen molar-refractivity contribution < 1.29 is 18.8 Å². The lowest BCUT2D eigenvalue weighted by Gasteiger charge is -2.26. The molecule has 140 valence electrons. The number of anilines is 1. The third-order valence-corrected chi connectivity index (χ3v) is 5.96. The van der Waals surface area contributed by atoms with Crippen molar-refractivity contribution >= 4 is 19.5 Å². The maximum Gasteiger partial charge on any atom is 0.440 e. The van der Waals surface area contributed by atoms with E-state index in [9.17, 15) is 14.3 Å². The van der Waals surface area contributed by atoms with Crippen molar-refractivity contribution in [1.29, 1.82) is 0 Å². The van der Waals surface area contributed by atoms with Gasteiger partial charge in [0.15, 0.2) is 0 Å². The average Bonchev–Trinajstić information content (AvgIpc) is 2.98. The Morgan fingerprint density at radius 2 is 2.08 bits per heavy atom. The Labute approximate surface area is 149 Å². The molecule has 2 unspecified atom stereocenters. The maximum absolute atomic E-state index is 12.5. The van der Waals surface area contributed by atoms with Crippen LogP contribution in [0.5, 0.6) is 0 Å². The zero-order chi connectivity index (χ0) is 18.4. The van der Waals surface area contributed by atoms with E-state index in [-0.39, 0.29) is 12.3 Å². The number of hydrogen-bond acceptors (Lipinski definition) is 4. The minimum Gasteiger partial charge on any atom is -0.351 e. The molecule has 2 amide bonds. The number of rotatable bonds is 8. The molecule has 0 spiro atoms. The molecule has 1 aromatic carbocycles. The second-order valence-corrected chi connectivity index (χ2v) is 8.05. The van der Waals surface area contributed by atoms with Gasteiger partial charge >= 0.3 is 13.8 Å². The van der Waals surface area contributed by atoms with Gasteiger partial charge in [-0.05, 0) is 50.6 Å². The van der Waals surface area contributed by atoms with Gasteiger partial charge in [-0.25, -0.2) is 9.36 Å². The normalized spacial score (nSPS) is 20.4. The van der Waals surface area contributed by atoms with Gasteiger partial charge in [0.25, 0.3) is 0 Å². The summed E-state index contributed by atoms with van der Waals surface area (Å²) >= 11 is 0. The Hall–Kier alpha value is -1.40. The number of nitrogens with two attached hydrogens (primary N) is 1. The lowest BCUT2D eigenvalue weighted by atomic mass is 10.0. The summed E-state index contributed by atoms with van der Waals surface area (Å²) in [6.07, 6.45) is 4.73. The van der Waals surface area contributed by atoms with E-state index in [0.29, 0.717) is 17.1 Å². The minimum absolute atomic E-state index is 0.107. The Morgan fingerprint density at radius 1 is 1.40 bits per heavy atom. The average molecular weight is 369 g/mol. The second kappa shape index (κ2) is 8.81. The summed E-state index contributed by atoms with van der Waals surface area (Å²) in [6.45, 7) is 3.19. The van der Waals surface area contributed by atoms with E-state index in [4.69, 9.17) is 10.3 Å². The molecule has 3 N–H and O–H groups in total. The van der Waals surface area contributed by atoms with Crippen LogP contribution >= 0.6 is 7.75 Å². The molecule has 2 atom stereocenters. The first-order valence-electron chi connectivity index (χ1n) is 8.74. The van der Waals surface area contributed by atoms with Crippen LogP contribution in [0.3, 0.4) is 0 Å². The van der Waals surface area contributed by atoms with Crippen LogP contribution < -0.4 is 10.4 Å². The Kier molecular flexibility index (Phi) is 7.02. The molecule has 1 aliphatic heterocycles. The van der Waals surface area contributed by atoms with Gasteiger partial charge in [-0.15, -0.1) is 0 Å². The minimum atomic E-state index is -4.33. The molecule has 8 heteroatoms. The molecule has 0 bridgehead atoms. The number of carbonyl (C=O) groups excluding carboxylic acids is 1. The number of urea groups is 1. The highest BCUT2D eigenvalue weighted by Gasteiger charge is 2.34. The first-order valence-corrected chi connectivity index (χ1v) is 10.3. The molecule has 0 aliphatic carbocycles. The first-order chi connectivity index (χ1) is 11.9. The SMILES string of the molecule is CCCCCOP(=O)(O)N(C(N)=O)c1ccc(C2CCCN2C)cc1. The van der Waals surface area contributed by atoms with Crippen LogP contribution in [0.4, 0.5) is 10.5 Å². The van der Waals surface area contributed by atoms with E-state index in [0.717, 1.165) is 37.8 Å². The predicted octanol–water partition coefficient (Wildman–Crippen LogP) is 3.65. The fraction of sp³-hybridized carbons (Fsp3) is 0.588. The monoisotopic (exact) mass is 369 g/mol. The molecule has 1 aliphatic rings. The third-order valence-electron chi connectivity index (χ3n) is 4.51. The highest BCUT2D eigenvalue weighted by atomic mass is 31.2. The van der Waals surface area contributed by atoms with Crippen molar-refractivity contribution in [2.75, 3.05) is 24.9 Å². The predicted molar refractivity (Wildman–Crippen MR) is 98.4 cm³/mol. The number of unbranched alkanes of at least 4 members (excludes halogenated alkanes) is 2. The molecule has 0 aromatic heterocycles. The molecule has 0 radical (unpaired) electrons. The van der Waals surface area contributed by atoms with Gasteiger partial charge in [-0.3, -0.25) is 9.42 Å². The van der Waals surface area contributed by atoms with Crippen molar-refractivity contribution in [1.82, 2.24) is 4.90 Å². The highest BCUT2D eigenvalue weighted by molar-refractivity contribution is 7.55. The van der Waals surface area contributed by atoms with Crippen LogP contribution in [-0.4, -0.2) is 36.0 Å². The van der Waals surface area contributed by atoms with Crippen LogP contribution in [0.15, 0.2) is 24.3 Å². The zero-order valence-electron chi connectivity index (χ0n) is 14.9. The standard InChI is InChI=1S/C17H28N3O4P/c1-3-4-5-13-24-25(22,23)20(17(18)21)15-10-8-14(9-11-15)16-7-6-12-19(16)2/h8-11,16H,3-7,12-13H2,1-2H3,(H2,18,21)(H,22,23). The van der Waals surface area contributed by atoms with Crippen LogP contribution in [0.25, 0.3) is 0 Å². The fourth-order valence-corrected chi connectivity index (χ4v) is 4.32. The van der Waals surface area contributed by atoms with Gasteiger partial charge in [-0.2, -0.15) is 4.67 Å². The van der Waals surface area contributed by atoms with Crippen molar-refractivity contribution in [2.24, 2.45) is 5.73 Å². The lowest BCUT2D eigenvalue weighted by Crippen LogP contribution is -2.33. The summed E-state index contributed by atoms with van der Waals surface area (Å²) < 4.78 is 18.2. The summed E-state index contributed by atoms with van der Waals surface area (Å²) in [5.74, 6) is 0. The lowest BCUT2D eigenvalue weighted by molar-refractivity contribution is 0.240. The molecule has 0 saturated carbocycles. The van der Waals surface area contributed by atoms with Gasteiger partial charge in [0.05, 0.1) is 12.3 Å². The van der Waals surface area contributed by atoms with Crippen LogP contribution in [0.2, 0.25) is 0 Å². The van der Waals surface area contributed by atoms with Gasteiger partial charge in [0, 0.05) is 6.04 Å². The van der Waals surface area contributed by atoms with Crippen LogP contribution in [-0.2, 0) is 9.09 Å². The number of primary amides is 1. The van der Waals surface area contributed by atoms with E-state index in [1.807, 2.05) is 19.1 Å². The van der Waals surface area contributed by atoms with Crippen molar-refractivity contribution in [3.05, 3.63) is 29.8 Å². The molecular formula is C17H28N3O4P. The molecule has 7 nitrogen and oxygen atoms in total. The zero-order valence-corrected chi connectivity index (χ0v) is 15.8. The van der Waals surface area contributed by atoms with Gasteiger partial charge in [-0.1, -0.05) is 31.9 Å². The van der Waals surface area contributed by atoms with E-state index in [1.54, 1.807) is 12.1 Å². The van der Waals surface area contributed by atoms with E-state index < -0.39 is 13.8 Å². The van der Waals surface area contributed by atoms with Crippen molar-refractivity contribution in [3.63, 3.8) is 0 Å². The smallest absolute Gasteiger partial charge is 0.351 e. The quantitative estimate of drug-likeness (QED) is 0.539. The second-order valence-electron chi connectivity index (χ2n) is 6.41. The number of likely N-dealkylation sites (tertiary alicyclic amines) is 1. The summed E-state index contributed by atoms with van der Waals surface area (Å²) in [5.41, 5.74) is 6.71. The summed E-state index contributed by atoms with van der Waals surface area (Å²) in [5, 5.41) is 0. The van der Waals surface area contributed by atoms with Gasteiger partial charge in [0.2, 0.25) is 0 Å². The number of benzene rings is 1. The summed E-state index contributed by atoms with van der Waals surface area (Å²) in [4.78, 5) is 24.2. The van der Waals surface area contributed by atoms with E-state index in [2.05, 4.69) is 11.9 Å². The fourth-order valence-electron chi connectivity index (χ4n) is 3.16. The molecule has 25 heavy (non-hydrogen) atoms. The Morgan fingerprint density at radius 3 is 2.60 bits per heavy atom.